The maximum Gasteiger partial charge on any atom is 0.230 e. The topological polar surface area (TPSA) is 76.1 Å². The fourth-order valence-corrected chi connectivity index (χ4v) is 3.77. The van der Waals surface area contributed by atoms with Gasteiger partial charge in [-0.2, -0.15) is 0 Å². The van der Waals surface area contributed by atoms with E-state index in [4.69, 9.17) is 4.74 Å². The van der Waals surface area contributed by atoms with Crippen molar-refractivity contribution in [2.45, 2.75) is 10.9 Å². The zero-order chi connectivity index (χ0) is 19.1. The molecule has 0 bridgehead atoms. The molecule has 1 amide bonds. The molecule has 2 aromatic carbocycles. The van der Waals surface area contributed by atoms with E-state index < -0.39 is 0 Å². The molecule has 6 nitrogen and oxygen atoms in total. The van der Waals surface area contributed by atoms with Crippen LogP contribution in [-0.2, 0) is 11.3 Å². The van der Waals surface area contributed by atoms with Gasteiger partial charge in [0.2, 0.25) is 11.0 Å². The first-order valence-corrected chi connectivity index (χ1v) is 9.81. The summed E-state index contributed by atoms with van der Waals surface area (Å²) in [4.78, 5) is 12.0. The van der Waals surface area contributed by atoms with Crippen LogP contribution in [0.2, 0.25) is 0 Å². The molecule has 3 aromatic rings. The first-order valence-electron chi connectivity index (χ1n) is 8.01. The molecule has 9 heteroatoms. The lowest BCUT2D eigenvalue weighted by Crippen LogP contribution is -2.24. The van der Waals surface area contributed by atoms with Crippen molar-refractivity contribution in [2.75, 3.05) is 18.2 Å². The summed E-state index contributed by atoms with van der Waals surface area (Å²) < 4.78 is 19.0. The van der Waals surface area contributed by atoms with Crippen LogP contribution in [0.3, 0.4) is 0 Å². The van der Waals surface area contributed by atoms with E-state index in [9.17, 15) is 9.18 Å². The molecular formula is C18H17FN4O2S2. The Morgan fingerprint density at radius 2 is 2.07 bits per heavy atom. The molecule has 140 valence electrons. The zero-order valence-electron chi connectivity index (χ0n) is 14.4. The molecule has 0 aliphatic rings. The van der Waals surface area contributed by atoms with Gasteiger partial charge in [0, 0.05) is 12.2 Å². The number of carbonyl (C=O) groups excluding carboxylic acids is 1. The number of hydrogen-bond acceptors (Lipinski definition) is 7. The van der Waals surface area contributed by atoms with Gasteiger partial charge in [0.05, 0.1) is 12.9 Å². The molecule has 0 radical (unpaired) electrons. The third-order valence-electron chi connectivity index (χ3n) is 3.43. The number of benzene rings is 2. The van der Waals surface area contributed by atoms with E-state index in [1.54, 1.807) is 19.2 Å². The molecule has 0 aliphatic heterocycles. The summed E-state index contributed by atoms with van der Waals surface area (Å²) in [7, 11) is 1.60. The Kier molecular flexibility index (Phi) is 6.61. The minimum Gasteiger partial charge on any atom is -0.497 e. The molecule has 0 saturated heterocycles. The lowest BCUT2D eigenvalue weighted by atomic mass is 10.2. The number of anilines is 2. The Morgan fingerprint density at radius 1 is 1.22 bits per heavy atom. The molecule has 1 aromatic heterocycles. The Labute approximate surface area is 164 Å². The highest BCUT2D eigenvalue weighted by atomic mass is 32.2. The van der Waals surface area contributed by atoms with Gasteiger partial charge in [0.15, 0.2) is 4.34 Å². The first kappa shape index (κ1) is 19.1. The van der Waals surface area contributed by atoms with Gasteiger partial charge in [-0.3, -0.25) is 4.79 Å². The van der Waals surface area contributed by atoms with Crippen molar-refractivity contribution in [2.24, 2.45) is 0 Å². The van der Waals surface area contributed by atoms with Gasteiger partial charge in [0.1, 0.15) is 11.6 Å². The summed E-state index contributed by atoms with van der Waals surface area (Å²) >= 11 is 2.61. The number of thioether (sulfide) groups is 1. The van der Waals surface area contributed by atoms with Gasteiger partial charge in [-0.05, 0) is 35.9 Å². The van der Waals surface area contributed by atoms with Crippen molar-refractivity contribution < 1.29 is 13.9 Å². The summed E-state index contributed by atoms with van der Waals surface area (Å²) in [5.74, 6) is 0.561. The molecule has 0 unspecified atom stereocenters. The number of halogens is 1. The molecule has 0 saturated carbocycles. The van der Waals surface area contributed by atoms with E-state index in [1.165, 1.54) is 35.2 Å². The number of methoxy groups -OCH3 is 1. The Balaban J connectivity index is 1.45. The molecule has 1 heterocycles. The quantitative estimate of drug-likeness (QED) is 0.556. The molecular weight excluding hydrogens is 387 g/mol. The van der Waals surface area contributed by atoms with Crippen LogP contribution in [0.5, 0.6) is 5.75 Å². The van der Waals surface area contributed by atoms with Gasteiger partial charge in [-0.1, -0.05) is 41.3 Å². The van der Waals surface area contributed by atoms with Crippen molar-refractivity contribution in [3.05, 3.63) is 59.9 Å². The number of carbonyl (C=O) groups is 1. The summed E-state index contributed by atoms with van der Waals surface area (Å²) in [5, 5.41) is 14.4. The van der Waals surface area contributed by atoms with Crippen LogP contribution in [0.15, 0.2) is 52.9 Å². The standard InChI is InChI=1S/C18H17FN4O2S2/c1-25-15-7-2-4-12(8-15)10-20-16(24)11-26-18-23-22-17(27-18)21-14-6-3-5-13(19)9-14/h2-9H,10-11H2,1H3,(H,20,24)(H,21,22). The lowest BCUT2D eigenvalue weighted by Gasteiger charge is -2.06. The SMILES string of the molecule is COc1cccc(CNC(=O)CSc2nnc(Nc3cccc(F)c3)s2)c1. The molecule has 0 fully saturated rings. The van der Waals surface area contributed by atoms with E-state index in [0.29, 0.717) is 21.7 Å². The second-order valence-electron chi connectivity index (χ2n) is 5.43. The van der Waals surface area contributed by atoms with Crippen molar-refractivity contribution >= 4 is 39.8 Å². The average molecular weight is 404 g/mol. The summed E-state index contributed by atoms with van der Waals surface area (Å²) in [6.45, 7) is 0.430. The van der Waals surface area contributed by atoms with Crippen LogP contribution < -0.4 is 15.4 Å². The first-order chi connectivity index (χ1) is 13.1. The van der Waals surface area contributed by atoms with Gasteiger partial charge in [-0.15, -0.1) is 10.2 Å². The number of ether oxygens (including phenoxy) is 1. The van der Waals surface area contributed by atoms with E-state index >= 15 is 0 Å². The van der Waals surface area contributed by atoms with Gasteiger partial charge in [0.25, 0.3) is 0 Å². The molecule has 0 spiro atoms. The highest BCUT2D eigenvalue weighted by Gasteiger charge is 2.09. The smallest absolute Gasteiger partial charge is 0.230 e. The molecule has 2 N–H and O–H groups in total. The van der Waals surface area contributed by atoms with E-state index in [-0.39, 0.29) is 17.5 Å². The van der Waals surface area contributed by atoms with E-state index in [0.717, 1.165) is 11.3 Å². The third kappa shape index (κ3) is 5.93. The predicted octanol–water partition coefficient (Wildman–Crippen LogP) is 3.84. The van der Waals surface area contributed by atoms with E-state index in [2.05, 4.69) is 20.8 Å². The van der Waals surface area contributed by atoms with Crippen LogP contribution in [0, 0.1) is 5.82 Å². The molecule has 27 heavy (non-hydrogen) atoms. The Morgan fingerprint density at radius 3 is 2.89 bits per heavy atom. The van der Waals surface area contributed by atoms with Crippen molar-refractivity contribution in [3.63, 3.8) is 0 Å². The maximum absolute atomic E-state index is 13.2. The third-order valence-corrected chi connectivity index (χ3v) is 5.40. The van der Waals surface area contributed by atoms with Gasteiger partial charge >= 0.3 is 0 Å². The fraction of sp³-hybridized carbons (Fsp3) is 0.167. The zero-order valence-corrected chi connectivity index (χ0v) is 16.1. The highest BCUT2D eigenvalue weighted by Crippen LogP contribution is 2.27. The average Bonchev–Trinajstić information content (AvgIpc) is 3.12. The fourth-order valence-electron chi connectivity index (χ4n) is 2.17. The van der Waals surface area contributed by atoms with Crippen molar-refractivity contribution in [1.82, 2.24) is 15.5 Å². The number of rotatable bonds is 8. The Bertz CT molecular complexity index is 920. The number of nitrogens with zero attached hydrogens (tertiary/aromatic N) is 2. The number of nitrogens with one attached hydrogen (secondary N) is 2. The summed E-state index contributed by atoms with van der Waals surface area (Å²) in [5.41, 5.74) is 1.56. The monoisotopic (exact) mass is 404 g/mol. The summed E-state index contributed by atoms with van der Waals surface area (Å²) in [6, 6.07) is 13.6. The van der Waals surface area contributed by atoms with Crippen LogP contribution in [0.1, 0.15) is 5.56 Å². The van der Waals surface area contributed by atoms with Crippen LogP contribution in [-0.4, -0.2) is 29.0 Å². The van der Waals surface area contributed by atoms with Crippen LogP contribution in [0.4, 0.5) is 15.2 Å². The highest BCUT2D eigenvalue weighted by molar-refractivity contribution is 8.01. The molecule has 0 aliphatic carbocycles. The van der Waals surface area contributed by atoms with Crippen LogP contribution >= 0.6 is 23.1 Å². The van der Waals surface area contributed by atoms with Gasteiger partial charge in [-0.25, -0.2) is 4.39 Å². The van der Waals surface area contributed by atoms with Crippen molar-refractivity contribution in [1.29, 1.82) is 0 Å². The number of aromatic nitrogens is 2. The summed E-state index contributed by atoms with van der Waals surface area (Å²) in [6.07, 6.45) is 0. The largest absolute Gasteiger partial charge is 0.497 e. The Hall–Kier alpha value is -2.65. The number of amides is 1. The van der Waals surface area contributed by atoms with Gasteiger partial charge < -0.3 is 15.4 Å². The maximum atomic E-state index is 13.2. The molecule has 0 atom stereocenters. The minimum atomic E-state index is -0.327. The second kappa shape index (κ2) is 9.33. The van der Waals surface area contributed by atoms with Crippen LogP contribution in [0.25, 0.3) is 0 Å². The van der Waals surface area contributed by atoms with E-state index in [1.807, 2.05) is 24.3 Å². The number of hydrogen-bond donors (Lipinski definition) is 2. The molecule has 3 rings (SSSR count). The normalized spacial score (nSPS) is 10.4. The van der Waals surface area contributed by atoms with Crippen molar-refractivity contribution in [3.8, 4) is 5.75 Å². The minimum absolute atomic E-state index is 0.0994. The second-order valence-corrected chi connectivity index (χ2v) is 7.63. The predicted molar refractivity (Wildman–Crippen MR) is 105 cm³/mol. The lowest BCUT2D eigenvalue weighted by molar-refractivity contribution is -0.118.